The summed E-state index contributed by atoms with van der Waals surface area (Å²) in [5.74, 6) is 0.921. The topological polar surface area (TPSA) is 29.0 Å². The Morgan fingerprint density at radius 1 is 1.38 bits per heavy atom. The van der Waals surface area contributed by atoms with Crippen LogP contribution in [-0.4, -0.2) is 28.0 Å². The first-order valence-electron chi connectivity index (χ1n) is 6.03. The predicted octanol–water partition coefficient (Wildman–Crippen LogP) is 2.29. The molecule has 0 atom stereocenters. The van der Waals surface area contributed by atoms with Gasteiger partial charge in [-0.2, -0.15) is 0 Å². The molecule has 4 heteroatoms. The first-order chi connectivity index (χ1) is 7.83. The van der Waals surface area contributed by atoms with Crippen LogP contribution >= 0.6 is 11.6 Å². The second kappa shape index (κ2) is 4.30. The summed E-state index contributed by atoms with van der Waals surface area (Å²) in [5, 5.41) is 0.642. The van der Waals surface area contributed by atoms with E-state index >= 15 is 0 Å². The quantitative estimate of drug-likeness (QED) is 0.739. The van der Waals surface area contributed by atoms with Gasteiger partial charge in [0.15, 0.2) is 0 Å². The van der Waals surface area contributed by atoms with Gasteiger partial charge < -0.3 is 0 Å². The Morgan fingerprint density at radius 2 is 2.25 bits per heavy atom. The lowest BCUT2D eigenvalue weighted by Crippen LogP contribution is -2.37. The molecule has 3 rings (SSSR count). The van der Waals surface area contributed by atoms with Gasteiger partial charge in [0.2, 0.25) is 0 Å². The van der Waals surface area contributed by atoms with Gasteiger partial charge >= 0.3 is 0 Å². The summed E-state index contributed by atoms with van der Waals surface area (Å²) < 4.78 is 0. The van der Waals surface area contributed by atoms with E-state index in [-0.39, 0.29) is 0 Å². The van der Waals surface area contributed by atoms with Crippen molar-refractivity contribution in [2.75, 3.05) is 13.1 Å². The van der Waals surface area contributed by atoms with Crippen LogP contribution in [0.1, 0.15) is 30.5 Å². The van der Waals surface area contributed by atoms with E-state index in [4.69, 9.17) is 11.6 Å². The molecule has 1 aliphatic heterocycles. The average molecular weight is 238 g/mol. The van der Waals surface area contributed by atoms with Crippen LogP contribution in [0.2, 0.25) is 5.15 Å². The minimum absolute atomic E-state index is 0.642. The Labute approximate surface area is 101 Å². The zero-order chi connectivity index (χ0) is 11.0. The van der Waals surface area contributed by atoms with Gasteiger partial charge in [-0.05, 0) is 18.8 Å². The third-order valence-electron chi connectivity index (χ3n) is 3.77. The van der Waals surface area contributed by atoms with Crippen molar-refractivity contribution in [3.8, 4) is 0 Å². The molecule has 0 radical (unpaired) electrons. The third-order valence-corrected chi connectivity index (χ3v) is 4.10. The summed E-state index contributed by atoms with van der Waals surface area (Å²) in [6.07, 6.45) is 6.82. The minimum atomic E-state index is 0.642. The molecule has 0 amide bonds. The fourth-order valence-electron chi connectivity index (χ4n) is 2.56. The molecule has 0 unspecified atom stereocenters. The molecular weight excluding hydrogens is 222 g/mol. The summed E-state index contributed by atoms with van der Waals surface area (Å²) in [7, 11) is 0. The number of fused-ring (bicyclic) bond motifs is 1. The summed E-state index contributed by atoms with van der Waals surface area (Å²) in [6, 6.07) is 0. The molecule has 86 valence electrons. The molecule has 16 heavy (non-hydrogen) atoms. The van der Waals surface area contributed by atoms with Gasteiger partial charge in [0.25, 0.3) is 0 Å². The highest BCUT2D eigenvalue weighted by Crippen LogP contribution is 2.29. The van der Waals surface area contributed by atoms with Crippen molar-refractivity contribution in [3.63, 3.8) is 0 Å². The van der Waals surface area contributed by atoms with E-state index in [9.17, 15) is 0 Å². The highest BCUT2D eigenvalue weighted by Gasteiger charge is 2.25. The van der Waals surface area contributed by atoms with E-state index in [2.05, 4.69) is 14.9 Å². The Hall–Kier alpha value is -0.670. The molecule has 1 saturated carbocycles. The van der Waals surface area contributed by atoms with Gasteiger partial charge in [-0.3, -0.25) is 4.90 Å². The van der Waals surface area contributed by atoms with Crippen LogP contribution in [0.15, 0.2) is 6.33 Å². The molecule has 0 N–H and O–H groups in total. The van der Waals surface area contributed by atoms with Gasteiger partial charge in [-0.25, -0.2) is 9.97 Å². The largest absolute Gasteiger partial charge is 0.298 e. The second-order valence-corrected chi connectivity index (χ2v) is 5.23. The monoisotopic (exact) mass is 237 g/mol. The first-order valence-corrected chi connectivity index (χ1v) is 6.41. The molecule has 0 bridgehead atoms. The lowest BCUT2D eigenvalue weighted by Gasteiger charge is -2.34. The maximum absolute atomic E-state index is 6.11. The second-order valence-electron chi connectivity index (χ2n) is 4.87. The van der Waals surface area contributed by atoms with Crippen molar-refractivity contribution < 1.29 is 0 Å². The van der Waals surface area contributed by atoms with Crippen LogP contribution in [0, 0.1) is 5.92 Å². The molecule has 1 aliphatic carbocycles. The number of hydrogen-bond acceptors (Lipinski definition) is 3. The fourth-order valence-corrected chi connectivity index (χ4v) is 2.77. The van der Waals surface area contributed by atoms with Gasteiger partial charge in [0.1, 0.15) is 11.5 Å². The number of nitrogens with zero attached hydrogens (tertiary/aromatic N) is 3. The first kappa shape index (κ1) is 10.5. The van der Waals surface area contributed by atoms with Gasteiger partial charge in [0, 0.05) is 31.6 Å². The van der Waals surface area contributed by atoms with Crippen LogP contribution in [0.25, 0.3) is 0 Å². The van der Waals surface area contributed by atoms with Gasteiger partial charge in [-0.15, -0.1) is 0 Å². The van der Waals surface area contributed by atoms with Crippen LogP contribution in [-0.2, 0) is 13.0 Å². The molecule has 0 saturated heterocycles. The summed E-state index contributed by atoms with van der Waals surface area (Å²) in [6.45, 7) is 3.28. The van der Waals surface area contributed by atoms with E-state index in [0.717, 1.165) is 36.7 Å². The summed E-state index contributed by atoms with van der Waals surface area (Å²) in [5.41, 5.74) is 2.29. The molecule has 2 heterocycles. The normalized spacial score (nSPS) is 21.6. The Balaban J connectivity index is 1.72. The van der Waals surface area contributed by atoms with Crippen molar-refractivity contribution in [3.05, 3.63) is 22.7 Å². The SMILES string of the molecule is Clc1ncnc2c1CN(CC1CCC1)CC2. The highest BCUT2D eigenvalue weighted by atomic mass is 35.5. The number of rotatable bonds is 2. The lowest BCUT2D eigenvalue weighted by atomic mass is 9.85. The Bertz CT molecular complexity index is 390. The van der Waals surface area contributed by atoms with Crippen molar-refractivity contribution in [1.29, 1.82) is 0 Å². The molecule has 0 aromatic carbocycles. The van der Waals surface area contributed by atoms with Crippen LogP contribution in [0.4, 0.5) is 0 Å². The van der Waals surface area contributed by atoms with Crippen LogP contribution in [0.5, 0.6) is 0 Å². The van der Waals surface area contributed by atoms with Crippen molar-refractivity contribution >= 4 is 11.6 Å². The fraction of sp³-hybridized carbons (Fsp3) is 0.667. The van der Waals surface area contributed by atoms with Gasteiger partial charge in [0.05, 0.1) is 5.69 Å². The number of halogens is 1. The van der Waals surface area contributed by atoms with Crippen LogP contribution in [0.3, 0.4) is 0 Å². The van der Waals surface area contributed by atoms with Crippen molar-refractivity contribution in [1.82, 2.24) is 14.9 Å². The molecular formula is C12H16ClN3. The molecule has 0 spiro atoms. The smallest absolute Gasteiger partial charge is 0.137 e. The van der Waals surface area contributed by atoms with E-state index < -0.39 is 0 Å². The minimum Gasteiger partial charge on any atom is -0.298 e. The number of aromatic nitrogens is 2. The van der Waals surface area contributed by atoms with Crippen molar-refractivity contribution in [2.24, 2.45) is 5.92 Å². The van der Waals surface area contributed by atoms with Crippen molar-refractivity contribution in [2.45, 2.75) is 32.2 Å². The lowest BCUT2D eigenvalue weighted by molar-refractivity contribution is 0.164. The maximum Gasteiger partial charge on any atom is 0.137 e. The predicted molar refractivity (Wildman–Crippen MR) is 63.4 cm³/mol. The molecule has 1 aromatic heterocycles. The highest BCUT2D eigenvalue weighted by molar-refractivity contribution is 6.30. The Kier molecular flexibility index (Phi) is 2.82. The maximum atomic E-state index is 6.11. The molecule has 3 nitrogen and oxygen atoms in total. The zero-order valence-corrected chi connectivity index (χ0v) is 10.1. The van der Waals surface area contributed by atoms with E-state index in [1.54, 1.807) is 6.33 Å². The van der Waals surface area contributed by atoms with E-state index in [1.807, 2.05) is 0 Å². The average Bonchev–Trinajstić information content (AvgIpc) is 2.24. The molecule has 1 aromatic rings. The Morgan fingerprint density at radius 3 is 3.00 bits per heavy atom. The van der Waals surface area contributed by atoms with E-state index in [0.29, 0.717) is 5.15 Å². The van der Waals surface area contributed by atoms with E-state index in [1.165, 1.54) is 25.8 Å². The zero-order valence-electron chi connectivity index (χ0n) is 9.32. The molecule has 2 aliphatic rings. The summed E-state index contributed by atoms with van der Waals surface area (Å²) >= 11 is 6.11. The standard InChI is InChI=1S/C12H16ClN3/c13-12-10-7-16(6-9-2-1-3-9)5-4-11(10)14-8-15-12/h8-9H,1-7H2. The van der Waals surface area contributed by atoms with Gasteiger partial charge in [-0.1, -0.05) is 18.0 Å². The third kappa shape index (κ3) is 1.94. The number of hydrogen-bond donors (Lipinski definition) is 0. The summed E-state index contributed by atoms with van der Waals surface area (Å²) in [4.78, 5) is 10.9. The van der Waals surface area contributed by atoms with Crippen LogP contribution < -0.4 is 0 Å². The molecule has 1 fully saturated rings.